The summed E-state index contributed by atoms with van der Waals surface area (Å²) >= 11 is 0. The second-order valence-corrected chi connectivity index (χ2v) is 4.52. The van der Waals surface area contributed by atoms with Crippen LogP contribution in [0.5, 0.6) is 5.75 Å². The molecule has 1 aromatic rings. The van der Waals surface area contributed by atoms with Crippen LogP contribution < -0.4 is 4.74 Å². The number of hydrogen-bond donors (Lipinski definition) is 0. The molecule has 4 nitrogen and oxygen atoms in total. The Balaban J connectivity index is 2.00. The minimum Gasteiger partial charge on any atom is -0.497 e. The maximum Gasteiger partial charge on any atom is 0.305 e. The Kier molecular flexibility index (Phi) is 8.47. The molecule has 4 heteroatoms. The molecule has 1 aromatic carbocycles. The van der Waals surface area contributed by atoms with Crippen molar-refractivity contribution in [2.75, 3.05) is 20.3 Å². The number of unbranched alkanes of at least 4 members (excludes halogenated alkanes) is 2. The summed E-state index contributed by atoms with van der Waals surface area (Å²) in [5.74, 6) is 0.749. The molecule has 0 bridgehead atoms. The van der Waals surface area contributed by atoms with Gasteiger partial charge in [-0.2, -0.15) is 0 Å². The summed E-state index contributed by atoms with van der Waals surface area (Å²) in [6.45, 7) is 3.62. The zero-order valence-corrected chi connectivity index (χ0v) is 12.4. The van der Waals surface area contributed by atoms with Gasteiger partial charge in [-0.15, -0.1) is 0 Å². The van der Waals surface area contributed by atoms with Crippen molar-refractivity contribution in [1.82, 2.24) is 0 Å². The van der Waals surface area contributed by atoms with Crippen LogP contribution in [0.15, 0.2) is 24.3 Å². The minimum atomic E-state index is -0.105. The molecule has 0 aliphatic rings. The van der Waals surface area contributed by atoms with E-state index >= 15 is 0 Å². The molecule has 0 unspecified atom stereocenters. The van der Waals surface area contributed by atoms with Crippen LogP contribution in [0.2, 0.25) is 0 Å². The Bertz CT molecular complexity index is 373. The predicted molar refractivity (Wildman–Crippen MR) is 77.8 cm³/mol. The standard InChI is InChI=1S/C16H24O4/c1-3-20-16(17)7-5-4-6-12-19-13-14-8-10-15(18-2)11-9-14/h8-11H,3-7,12-13H2,1-2H3. The van der Waals surface area contributed by atoms with Crippen LogP contribution in [0, 0.1) is 0 Å². The Morgan fingerprint density at radius 3 is 2.50 bits per heavy atom. The van der Waals surface area contributed by atoms with E-state index in [2.05, 4.69) is 0 Å². The van der Waals surface area contributed by atoms with Crippen molar-refractivity contribution >= 4 is 5.97 Å². The molecule has 0 atom stereocenters. The number of benzene rings is 1. The first-order valence-electron chi connectivity index (χ1n) is 7.12. The Labute approximate surface area is 121 Å². The highest BCUT2D eigenvalue weighted by Gasteiger charge is 2.00. The topological polar surface area (TPSA) is 44.8 Å². The lowest BCUT2D eigenvalue weighted by Crippen LogP contribution is -2.03. The fraction of sp³-hybridized carbons (Fsp3) is 0.562. The van der Waals surface area contributed by atoms with Crippen molar-refractivity contribution in [2.45, 2.75) is 39.2 Å². The molecule has 0 aromatic heterocycles. The van der Waals surface area contributed by atoms with Gasteiger partial charge >= 0.3 is 5.97 Å². The smallest absolute Gasteiger partial charge is 0.305 e. The molecule has 0 saturated heterocycles. The molecule has 0 spiro atoms. The van der Waals surface area contributed by atoms with Crippen LogP contribution in [-0.2, 0) is 20.9 Å². The maximum absolute atomic E-state index is 11.1. The molecular weight excluding hydrogens is 256 g/mol. The zero-order chi connectivity index (χ0) is 14.6. The molecule has 0 aliphatic heterocycles. The number of carbonyl (C=O) groups excluding carboxylic acids is 1. The van der Waals surface area contributed by atoms with E-state index in [4.69, 9.17) is 14.2 Å². The molecule has 0 amide bonds. The minimum absolute atomic E-state index is 0.105. The third-order valence-corrected chi connectivity index (χ3v) is 2.90. The molecule has 112 valence electrons. The van der Waals surface area contributed by atoms with Gasteiger partial charge in [0.15, 0.2) is 0 Å². The molecule has 0 radical (unpaired) electrons. The van der Waals surface area contributed by atoms with E-state index in [0.29, 0.717) is 19.6 Å². The molecule has 0 aliphatic carbocycles. The highest BCUT2D eigenvalue weighted by atomic mass is 16.5. The molecule has 1 rings (SSSR count). The summed E-state index contributed by atoms with van der Waals surface area (Å²) in [6.07, 6.45) is 3.33. The van der Waals surface area contributed by atoms with E-state index in [1.54, 1.807) is 7.11 Å². The fourth-order valence-electron chi connectivity index (χ4n) is 1.80. The van der Waals surface area contributed by atoms with Crippen molar-refractivity contribution < 1.29 is 19.0 Å². The van der Waals surface area contributed by atoms with Gasteiger partial charge in [0, 0.05) is 13.0 Å². The van der Waals surface area contributed by atoms with E-state index in [-0.39, 0.29) is 5.97 Å². The number of hydrogen-bond acceptors (Lipinski definition) is 4. The van der Waals surface area contributed by atoms with Crippen molar-refractivity contribution in [2.24, 2.45) is 0 Å². The first-order valence-corrected chi connectivity index (χ1v) is 7.12. The van der Waals surface area contributed by atoms with E-state index in [1.807, 2.05) is 31.2 Å². The Hall–Kier alpha value is -1.55. The highest BCUT2D eigenvalue weighted by molar-refractivity contribution is 5.69. The van der Waals surface area contributed by atoms with Gasteiger partial charge in [-0.3, -0.25) is 4.79 Å². The summed E-state index contributed by atoms with van der Waals surface area (Å²) in [5, 5.41) is 0. The van der Waals surface area contributed by atoms with Crippen LogP contribution in [0.1, 0.15) is 38.2 Å². The molecule has 0 fully saturated rings. The van der Waals surface area contributed by atoms with Crippen molar-refractivity contribution in [3.05, 3.63) is 29.8 Å². The predicted octanol–water partition coefficient (Wildman–Crippen LogP) is 3.34. The lowest BCUT2D eigenvalue weighted by molar-refractivity contribution is -0.143. The van der Waals surface area contributed by atoms with Gasteiger partial charge in [-0.25, -0.2) is 0 Å². The number of methoxy groups -OCH3 is 1. The second-order valence-electron chi connectivity index (χ2n) is 4.52. The van der Waals surface area contributed by atoms with E-state index in [1.165, 1.54) is 0 Å². The third kappa shape index (κ3) is 7.14. The van der Waals surface area contributed by atoms with Gasteiger partial charge in [0.2, 0.25) is 0 Å². The molecule has 0 heterocycles. The van der Waals surface area contributed by atoms with Crippen LogP contribution in [-0.4, -0.2) is 26.3 Å². The molecular formula is C16H24O4. The van der Waals surface area contributed by atoms with Crippen LogP contribution in [0.3, 0.4) is 0 Å². The number of ether oxygens (including phenoxy) is 3. The summed E-state index contributed by atoms with van der Waals surface area (Å²) in [6, 6.07) is 7.86. The summed E-state index contributed by atoms with van der Waals surface area (Å²) in [7, 11) is 1.65. The number of esters is 1. The van der Waals surface area contributed by atoms with Gasteiger partial charge < -0.3 is 14.2 Å². The lowest BCUT2D eigenvalue weighted by Gasteiger charge is -2.06. The quantitative estimate of drug-likeness (QED) is 0.487. The highest BCUT2D eigenvalue weighted by Crippen LogP contribution is 2.12. The van der Waals surface area contributed by atoms with Gasteiger partial charge in [0.25, 0.3) is 0 Å². The van der Waals surface area contributed by atoms with Gasteiger partial charge in [0.1, 0.15) is 5.75 Å². The van der Waals surface area contributed by atoms with E-state index < -0.39 is 0 Å². The third-order valence-electron chi connectivity index (χ3n) is 2.90. The molecule has 0 N–H and O–H groups in total. The van der Waals surface area contributed by atoms with Crippen LogP contribution >= 0.6 is 0 Å². The SMILES string of the molecule is CCOC(=O)CCCCCOCc1ccc(OC)cc1. The molecule has 0 saturated carbocycles. The lowest BCUT2D eigenvalue weighted by atomic mass is 10.2. The second kappa shape index (κ2) is 10.3. The van der Waals surface area contributed by atoms with Gasteiger partial charge in [-0.1, -0.05) is 18.6 Å². The first kappa shape index (κ1) is 16.5. The monoisotopic (exact) mass is 280 g/mol. The van der Waals surface area contributed by atoms with Gasteiger partial charge in [0.05, 0.1) is 20.3 Å². The summed E-state index contributed by atoms with van der Waals surface area (Å²) in [5.41, 5.74) is 1.14. The Morgan fingerprint density at radius 1 is 1.10 bits per heavy atom. The van der Waals surface area contributed by atoms with Gasteiger partial charge in [-0.05, 0) is 37.5 Å². The number of rotatable bonds is 10. The fourth-order valence-corrected chi connectivity index (χ4v) is 1.80. The van der Waals surface area contributed by atoms with Crippen molar-refractivity contribution in [1.29, 1.82) is 0 Å². The van der Waals surface area contributed by atoms with Crippen LogP contribution in [0.25, 0.3) is 0 Å². The first-order chi connectivity index (χ1) is 9.76. The maximum atomic E-state index is 11.1. The zero-order valence-electron chi connectivity index (χ0n) is 12.4. The number of carbonyl (C=O) groups is 1. The normalized spacial score (nSPS) is 10.3. The van der Waals surface area contributed by atoms with Crippen molar-refractivity contribution in [3.8, 4) is 5.75 Å². The average Bonchev–Trinajstić information content (AvgIpc) is 2.47. The summed E-state index contributed by atoms with van der Waals surface area (Å²) < 4.78 is 15.6. The molecule has 20 heavy (non-hydrogen) atoms. The van der Waals surface area contributed by atoms with E-state index in [0.717, 1.165) is 37.2 Å². The van der Waals surface area contributed by atoms with Crippen molar-refractivity contribution in [3.63, 3.8) is 0 Å². The average molecular weight is 280 g/mol. The summed E-state index contributed by atoms with van der Waals surface area (Å²) in [4.78, 5) is 11.1. The largest absolute Gasteiger partial charge is 0.497 e. The van der Waals surface area contributed by atoms with Crippen LogP contribution in [0.4, 0.5) is 0 Å². The Morgan fingerprint density at radius 2 is 1.85 bits per heavy atom. The van der Waals surface area contributed by atoms with E-state index in [9.17, 15) is 4.79 Å².